The zero-order chi connectivity index (χ0) is 23.6. The fourth-order valence-corrected chi connectivity index (χ4v) is 3.65. The third-order valence-electron chi connectivity index (χ3n) is 4.99. The molecule has 2 atom stereocenters. The molecule has 2 aromatic heterocycles. The number of alkyl halides is 3. The van der Waals surface area contributed by atoms with Gasteiger partial charge in [-0.3, -0.25) is 15.6 Å². The van der Waals surface area contributed by atoms with Gasteiger partial charge in [-0.2, -0.15) is 18.3 Å². The number of halogens is 4. The topological polar surface area (TPSA) is 96.2 Å². The number of furan rings is 1. The van der Waals surface area contributed by atoms with Gasteiger partial charge >= 0.3 is 6.18 Å². The van der Waals surface area contributed by atoms with Crippen molar-refractivity contribution in [3.63, 3.8) is 0 Å². The second kappa shape index (κ2) is 9.32. The maximum absolute atomic E-state index is 13.8. The normalized spacial score (nSPS) is 17.6. The molecule has 0 unspecified atom stereocenters. The fourth-order valence-electron chi connectivity index (χ4n) is 3.40. The molecule has 0 saturated heterocycles. The van der Waals surface area contributed by atoms with Crippen molar-refractivity contribution < 1.29 is 22.4 Å². The summed E-state index contributed by atoms with van der Waals surface area (Å²) in [5.74, 6) is -0.0382. The summed E-state index contributed by atoms with van der Waals surface area (Å²) in [4.78, 5) is 12.5. The van der Waals surface area contributed by atoms with Gasteiger partial charge in [0.1, 0.15) is 11.6 Å². The number of fused-ring (bicyclic) bond motifs is 1. The van der Waals surface area contributed by atoms with E-state index in [1.165, 1.54) is 12.3 Å². The Bertz CT molecular complexity index is 1130. The molecule has 3 heterocycles. The second-order valence-corrected chi connectivity index (χ2v) is 8.09. The average molecular weight is 499 g/mol. The van der Waals surface area contributed by atoms with Crippen LogP contribution in [0.25, 0.3) is 0 Å². The molecule has 1 aliphatic heterocycles. The van der Waals surface area contributed by atoms with Crippen LogP contribution in [0.4, 0.5) is 19.0 Å². The summed E-state index contributed by atoms with van der Waals surface area (Å²) < 4.78 is 47.3. The van der Waals surface area contributed by atoms with Crippen molar-refractivity contribution in [2.24, 2.45) is 0 Å². The van der Waals surface area contributed by atoms with Gasteiger partial charge in [0.05, 0.1) is 18.8 Å². The lowest BCUT2D eigenvalue weighted by molar-refractivity contribution is -0.173. The van der Waals surface area contributed by atoms with Crippen molar-refractivity contribution in [2.75, 3.05) is 5.32 Å². The third kappa shape index (κ3) is 5.40. The number of amides is 1. The van der Waals surface area contributed by atoms with E-state index in [0.717, 1.165) is 4.68 Å². The highest BCUT2D eigenvalue weighted by atomic mass is 35.5. The summed E-state index contributed by atoms with van der Waals surface area (Å²) in [6, 6.07) is 8.73. The first kappa shape index (κ1) is 22.9. The van der Waals surface area contributed by atoms with Gasteiger partial charge in [-0.1, -0.05) is 23.7 Å². The number of hydrogen-bond donors (Lipinski definition) is 4. The van der Waals surface area contributed by atoms with E-state index in [0.29, 0.717) is 16.3 Å². The van der Waals surface area contributed by atoms with Gasteiger partial charge in [0.15, 0.2) is 16.8 Å². The van der Waals surface area contributed by atoms with Crippen molar-refractivity contribution in [3.05, 3.63) is 70.8 Å². The molecule has 13 heteroatoms. The number of carbonyl (C=O) groups excluding carboxylic acids is 1. The van der Waals surface area contributed by atoms with Crippen LogP contribution in [0.1, 0.15) is 40.3 Å². The molecule has 1 aromatic carbocycles. The van der Waals surface area contributed by atoms with Crippen LogP contribution in [-0.2, 0) is 6.54 Å². The highest BCUT2D eigenvalue weighted by Crippen LogP contribution is 2.43. The Hall–Kier alpha value is -3.25. The van der Waals surface area contributed by atoms with E-state index in [-0.39, 0.29) is 29.6 Å². The molecule has 8 nitrogen and oxygen atoms in total. The molecule has 3 aromatic rings. The van der Waals surface area contributed by atoms with Crippen molar-refractivity contribution in [3.8, 4) is 0 Å². The Labute approximate surface area is 196 Å². The number of hydrazine groups is 1. The van der Waals surface area contributed by atoms with Gasteiger partial charge in [-0.25, -0.2) is 4.68 Å². The maximum Gasteiger partial charge on any atom is 0.410 e. The van der Waals surface area contributed by atoms with Crippen LogP contribution in [0.3, 0.4) is 0 Å². The predicted molar refractivity (Wildman–Crippen MR) is 118 cm³/mol. The first-order chi connectivity index (χ1) is 15.7. The first-order valence-corrected chi connectivity index (χ1v) is 10.5. The molecule has 0 bridgehead atoms. The maximum atomic E-state index is 13.8. The first-order valence-electron chi connectivity index (χ1n) is 9.75. The number of anilines is 1. The quantitative estimate of drug-likeness (QED) is 0.318. The molecule has 0 aliphatic carbocycles. The summed E-state index contributed by atoms with van der Waals surface area (Å²) in [5, 5.41) is 10.3. The number of thiocarbonyl (C=S) groups is 1. The van der Waals surface area contributed by atoms with Gasteiger partial charge in [0.2, 0.25) is 0 Å². The molecule has 1 amide bonds. The average Bonchev–Trinajstić information content (AvgIpc) is 3.44. The Morgan fingerprint density at radius 1 is 1.27 bits per heavy atom. The standard InChI is InChI=1S/C20H18ClF3N6O2S/c21-12-5-3-11(4-6-12)14-8-16(20(22,23)24)30-17(26-14)9-15(29-30)18(31)27-28-19(33)25-10-13-2-1-7-32-13/h1-7,9,14,16,26H,8,10H2,(H,27,31)(H2,25,28,33)/t14-,16-/m1/s1. The molecule has 4 N–H and O–H groups in total. The SMILES string of the molecule is O=C(NNC(=S)NCc1ccco1)c1cc2n(n1)[C@@H](C(F)(F)F)C[C@H](c1ccc(Cl)cc1)N2. The fraction of sp³-hybridized carbons (Fsp3) is 0.250. The molecule has 0 saturated carbocycles. The Morgan fingerprint density at radius 2 is 2.03 bits per heavy atom. The molecule has 1 aliphatic rings. The van der Waals surface area contributed by atoms with Crippen molar-refractivity contribution in [2.45, 2.75) is 31.2 Å². The van der Waals surface area contributed by atoms with E-state index >= 15 is 0 Å². The van der Waals surface area contributed by atoms with Crippen molar-refractivity contribution in [1.82, 2.24) is 25.9 Å². The van der Waals surface area contributed by atoms with E-state index in [2.05, 4.69) is 26.6 Å². The molecular weight excluding hydrogens is 481 g/mol. The summed E-state index contributed by atoms with van der Waals surface area (Å²) in [5.41, 5.74) is 5.23. The molecule has 0 radical (unpaired) electrons. The van der Waals surface area contributed by atoms with Gasteiger partial charge in [-0.05, 0) is 42.0 Å². The minimum atomic E-state index is -4.56. The number of benzene rings is 1. The van der Waals surface area contributed by atoms with Crippen LogP contribution in [0.2, 0.25) is 5.02 Å². The molecule has 0 fully saturated rings. The number of nitrogens with zero attached hydrogens (tertiary/aromatic N) is 2. The van der Waals surface area contributed by atoms with Gasteiger partial charge < -0.3 is 15.1 Å². The number of rotatable bonds is 4. The zero-order valence-electron chi connectivity index (χ0n) is 16.8. The summed E-state index contributed by atoms with van der Waals surface area (Å²) in [6.07, 6.45) is -3.34. The largest absolute Gasteiger partial charge is 0.467 e. The molecular formula is C20H18ClF3N6O2S. The van der Waals surface area contributed by atoms with Crippen LogP contribution in [0, 0.1) is 0 Å². The summed E-state index contributed by atoms with van der Waals surface area (Å²) in [6.45, 7) is 0.288. The van der Waals surface area contributed by atoms with Gasteiger partial charge in [-0.15, -0.1) is 0 Å². The van der Waals surface area contributed by atoms with E-state index in [1.807, 2.05) is 0 Å². The van der Waals surface area contributed by atoms with Crippen molar-refractivity contribution >= 4 is 40.7 Å². The number of aromatic nitrogens is 2. The van der Waals surface area contributed by atoms with Gasteiger partial charge in [0.25, 0.3) is 5.91 Å². The highest BCUT2D eigenvalue weighted by molar-refractivity contribution is 7.80. The number of hydrogen-bond acceptors (Lipinski definition) is 5. The Kier molecular flexibility index (Phi) is 6.47. The van der Waals surface area contributed by atoms with Crippen LogP contribution in [-0.4, -0.2) is 27.0 Å². The van der Waals surface area contributed by atoms with Crippen molar-refractivity contribution in [1.29, 1.82) is 0 Å². The second-order valence-electron chi connectivity index (χ2n) is 7.24. The summed E-state index contributed by atoms with van der Waals surface area (Å²) >= 11 is 10.9. The molecule has 174 valence electrons. The van der Waals surface area contributed by atoms with Crippen LogP contribution in [0.5, 0.6) is 0 Å². The molecule has 0 spiro atoms. The van der Waals surface area contributed by atoms with E-state index in [4.69, 9.17) is 28.2 Å². The summed E-state index contributed by atoms with van der Waals surface area (Å²) in [7, 11) is 0. The highest BCUT2D eigenvalue weighted by Gasteiger charge is 2.46. The lowest BCUT2D eigenvalue weighted by atomic mass is 9.97. The molecule has 33 heavy (non-hydrogen) atoms. The Balaban J connectivity index is 1.45. The third-order valence-corrected chi connectivity index (χ3v) is 5.49. The predicted octanol–water partition coefficient (Wildman–Crippen LogP) is 4.10. The Morgan fingerprint density at radius 3 is 2.70 bits per heavy atom. The minimum Gasteiger partial charge on any atom is -0.467 e. The van der Waals surface area contributed by atoms with E-state index in [9.17, 15) is 18.0 Å². The minimum absolute atomic E-state index is 0.0761. The lowest BCUT2D eigenvalue weighted by Crippen LogP contribution is -2.46. The number of nitrogens with one attached hydrogen (secondary N) is 4. The van der Waals surface area contributed by atoms with Crippen LogP contribution in [0.15, 0.2) is 53.1 Å². The van der Waals surface area contributed by atoms with E-state index < -0.39 is 24.2 Å². The molecule has 4 rings (SSSR count). The van der Waals surface area contributed by atoms with Gasteiger partial charge in [0, 0.05) is 17.5 Å². The smallest absolute Gasteiger partial charge is 0.410 e. The number of carbonyl (C=O) groups is 1. The monoisotopic (exact) mass is 498 g/mol. The van der Waals surface area contributed by atoms with Crippen LogP contribution >= 0.6 is 23.8 Å². The van der Waals surface area contributed by atoms with E-state index in [1.54, 1.807) is 36.4 Å². The van der Waals surface area contributed by atoms with Crippen LogP contribution < -0.4 is 21.5 Å². The lowest BCUT2D eigenvalue weighted by Gasteiger charge is -2.33. The zero-order valence-corrected chi connectivity index (χ0v) is 18.4.